The number of hydrogen-bond donors (Lipinski definition) is 0. The Labute approximate surface area is 258 Å². The van der Waals surface area contributed by atoms with Gasteiger partial charge >= 0.3 is 0 Å². The highest BCUT2D eigenvalue weighted by Gasteiger charge is 2.33. The molecule has 44 heavy (non-hydrogen) atoms. The molecule has 6 heteroatoms. The quantitative estimate of drug-likeness (QED) is 0.185. The highest BCUT2D eigenvalue weighted by Crippen LogP contribution is 2.45. The van der Waals surface area contributed by atoms with E-state index in [1.165, 1.54) is 0 Å². The zero-order chi connectivity index (χ0) is 30.1. The van der Waals surface area contributed by atoms with Crippen molar-refractivity contribution < 1.29 is 14.0 Å². The summed E-state index contributed by atoms with van der Waals surface area (Å²) in [5, 5.41) is 2.27. The third-order valence-electron chi connectivity index (χ3n) is 8.17. The van der Waals surface area contributed by atoms with Gasteiger partial charge in [0.2, 0.25) is 0 Å². The first kappa shape index (κ1) is 27.5. The number of nitrogens with zero attached hydrogens (tertiary/aromatic N) is 2. The molecule has 0 saturated carbocycles. The largest absolute Gasteiger partial charge is 0.473 e. The number of hydrogen-bond acceptors (Lipinski definition) is 5. The second-order valence-electron chi connectivity index (χ2n) is 10.9. The zero-order valence-electron chi connectivity index (χ0n) is 24.0. The fraction of sp³-hybridized carbons (Fsp3) is 0.105. The van der Waals surface area contributed by atoms with Gasteiger partial charge in [0.1, 0.15) is 11.5 Å². The van der Waals surface area contributed by atoms with E-state index in [4.69, 9.17) is 22.3 Å². The molecule has 0 N–H and O–H groups in total. The average Bonchev–Trinajstić information content (AvgIpc) is 3.10. The third-order valence-corrected chi connectivity index (χ3v) is 11.2. The standard InChI is InChI=1S/C38H29N2O3P/c1-3-28-10-8-12-32(20-28)39-24-30-22-35(16-18-37(30)42-26-39)44(41,34-14-6-5-7-15-34)36-17-19-38-31(23-36)25-40(27-43-38)33-13-9-11-29(4-2)21-33/h1-2,5-23H,24-27H2. The van der Waals surface area contributed by atoms with Gasteiger partial charge in [-0.25, -0.2) is 0 Å². The van der Waals surface area contributed by atoms with Gasteiger partial charge in [-0.15, -0.1) is 12.8 Å². The lowest BCUT2D eigenvalue weighted by Crippen LogP contribution is -2.34. The van der Waals surface area contributed by atoms with Crippen molar-refractivity contribution in [2.45, 2.75) is 13.1 Å². The molecule has 0 bridgehead atoms. The number of terminal acetylenes is 2. The van der Waals surface area contributed by atoms with Gasteiger partial charge in [0.15, 0.2) is 20.6 Å². The molecule has 0 spiro atoms. The molecule has 0 saturated heterocycles. The maximum absolute atomic E-state index is 15.5. The fourth-order valence-corrected chi connectivity index (χ4v) is 8.58. The first-order chi connectivity index (χ1) is 21.5. The molecule has 2 heterocycles. The average molecular weight is 593 g/mol. The molecule has 214 valence electrons. The molecule has 5 aromatic carbocycles. The minimum atomic E-state index is -3.28. The number of rotatable bonds is 5. The van der Waals surface area contributed by atoms with Crippen molar-refractivity contribution in [2.24, 2.45) is 0 Å². The van der Waals surface area contributed by atoms with E-state index in [2.05, 4.69) is 21.6 Å². The van der Waals surface area contributed by atoms with E-state index in [1.807, 2.05) is 115 Å². The van der Waals surface area contributed by atoms with Crippen LogP contribution in [0.3, 0.4) is 0 Å². The van der Waals surface area contributed by atoms with Gasteiger partial charge in [0, 0.05) is 62.6 Å². The summed E-state index contributed by atoms with van der Waals surface area (Å²) in [5.41, 5.74) is 5.53. The highest BCUT2D eigenvalue weighted by atomic mass is 31.2. The molecule has 0 fully saturated rings. The van der Waals surface area contributed by atoms with Gasteiger partial charge in [-0.3, -0.25) is 0 Å². The van der Waals surface area contributed by atoms with Crippen LogP contribution in [0.15, 0.2) is 115 Å². The van der Waals surface area contributed by atoms with Crippen LogP contribution in [0, 0.1) is 24.7 Å². The van der Waals surface area contributed by atoms with Gasteiger partial charge in [-0.1, -0.05) is 54.3 Å². The Balaban J connectivity index is 1.27. The van der Waals surface area contributed by atoms with Crippen LogP contribution in [0.1, 0.15) is 22.3 Å². The highest BCUT2D eigenvalue weighted by molar-refractivity contribution is 7.85. The summed E-state index contributed by atoms with van der Waals surface area (Å²) in [6, 6.07) is 37.3. The molecule has 2 aliphatic rings. The van der Waals surface area contributed by atoms with Gasteiger partial charge < -0.3 is 23.8 Å². The van der Waals surface area contributed by atoms with Crippen LogP contribution in [0.2, 0.25) is 0 Å². The predicted molar refractivity (Wildman–Crippen MR) is 178 cm³/mol. The molecule has 2 aliphatic heterocycles. The summed E-state index contributed by atoms with van der Waals surface area (Å²) < 4.78 is 27.8. The van der Waals surface area contributed by atoms with Crippen molar-refractivity contribution in [3.8, 4) is 36.2 Å². The topological polar surface area (TPSA) is 42.0 Å². The van der Waals surface area contributed by atoms with E-state index in [0.29, 0.717) is 26.6 Å². The predicted octanol–water partition coefficient (Wildman–Crippen LogP) is 6.00. The molecule has 0 unspecified atom stereocenters. The van der Waals surface area contributed by atoms with Gasteiger partial charge in [0.25, 0.3) is 0 Å². The van der Waals surface area contributed by atoms with Crippen molar-refractivity contribution in [1.82, 2.24) is 0 Å². The van der Waals surface area contributed by atoms with E-state index in [1.54, 1.807) is 0 Å². The lowest BCUT2D eigenvalue weighted by molar-refractivity contribution is 0.289. The Morgan fingerprint density at radius 1 is 0.568 bits per heavy atom. The van der Waals surface area contributed by atoms with Crippen molar-refractivity contribution in [3.63, 3.8) is 0 Å². The van der Waals surface area contributed by atoms with E-state index < -0.39 is 7.14 Å². The Morgan fingerprint density at radius 3 is 1.55 bits per heavy atom. The zero-order valence-corrected chi connectivity index (χ0v) is 24.9. The Morgan fingerprint density at radius 2 is 1.07 bits per heavy atom. The molecule has 0 amide bonds. The second-order valence-corrected chi connectivity index (χ2v) is 13.6. The normalized spacial score (nSPS) is 13.9. The van der Waals surface area contributed by atoms with E-state index >= 15 is 4.57 Å². The van der Waals surface area contributed by atoms with Crippen LogP contribution in [0.5, 0.6) is 11.5 Å². The van der Waals surface area contributed by atoms with Crippen molar-refractivity contribution in [3.05, 3.63) is 138 Å². The van der Waals surface area contributed by atoms with Crippen molar-refractivity contribution in [2.75, 3.05) is 23.3 Å². The summed E-state index contributed by atoms with van der Waals surface area (Å²) in [4.78, 5) is 4.25. The summed E-state index contributed by atoms with van der Waals surface area (Å²) in [6.07, 6.45) is 11.3. The van der Waals surface area contributed by atoms with Gasteiger partial charge in [-0.2, -0.15) is 0 Å². The van der Waals surface area contributed by atoms with Gasteiger partial charge in [-0.05, 0) is 72.8 Å². The lowest BCUT2D eigenvalue weighted by atomic mass is 10.1. The summed E-state index contributed by atoms with van der Waals surface area (Å²) in [7, 11) is -3.28. The molecular formula is C38H29N2O3P. The number of anilines is 2. The molecule has 7 rings (SSSR count). The summed E-state index contributed by atoms with van der Waals surface area (Å²) in [6.45, 7) is 2.02. The van der Waals surface area contributed by atoms with E-state index in [0.717, 1.165) is 61.0 Å². The van der Waals surface area contributed by atoms with Crippen LogP contribution in [-0.4, -0.2) is 13.5 Å². The summed E-state index contributed by atoms with van der Waals surface area (Å²) >= 11 is 0. The maximum Gasteiger partial charge on any atom is 0.171 e. The first-order valence-electron chi connectivity index (χ1n) is 14.4. The Hall–Kier alpha value is -5.35. The lowest BCUT2D eigenvalue weighted by Gasteiger charge is -2.32. The molecule has 5 aromatic rings. The number of benzene rings is 5. The first-order valence-corrected chi connectivity index (χ1v) is 16.1. The van der Waals surface area contributed by atoms with Crippen LogP contribution in [0.25, 0.3) is 0 Å². The van der Waals surface area contributed by atoms with Gasteiger partial charge in [0.05, 0.1) is 0 Å². The Kier molecular flexibility index (Phi) is 7.11. The molecule has 0 atom stereocenters. The van der Waals surface area contributed by atoms with E-state index in [-0.39, 0.29) is 0 Å². The minimum absolute atomic E-state index is 0.405. The van der Waals surface area contributed by atoms with Crippen LogP contribution >= 0.6 is 7.14 Å². The third kappa shape index (κ3) is 4.99. The number of fused-ring (bicyclic) bond motifs is 2. The number of ether oxygens (including phenoxy) is 2. The van der Waals surface area contributed by atoms with Crippen molar-refractivity contribution in [1.29, 1.82) is 0 Å². The second kappa shape index (κ2) is 11.4. The SMILES string of the molecule is C#Cc1cccc(N2COc3ccc(P(=O)(c4ccccc4)c4ccc5c(c4)CN(c4cccc(C#C)c4)CO5)cc3C2)c1. The van der Waals surface area contributed by atoms with Crippen LogP contribution < -0.4 is 35.2 Å². The molecule has 0 radical (unpaired) electrons. The monoisotopic (exact) mass is 592 g/mol. The minimum Gasteiger partial charge on any atom is -0.473 e. The van der Waals surface area contributed by atoms with E-state index in [9.17, 15) is 0 Å². The summed E-state index contributed by atoms with van der Waals surface area (Å²) in [5.74, 6) is 7.00. The molecular weight excluding hydrogens is 563 g/mol. The molecule has 0 aromatic heterocycles. The smallest absolute Gasteiger partial charge is 0.171 e. The van der Waals surface area contributed by atoms with Crippen LogP contribution in [-0.2, 0) is 17.7 Å². The fourth-order valence-electron chi connectivity index (χ4n) is 5.85. The maximum atomic E-state index is 15.5. The van der Waals surface area contributed by atoms with Crippen molar-refractivity contribution >= 4 is 34.4 Å². The molecule has 0 aliphatic carbocycles. The molecule has 5 nitrogen and oxygen atoms in total. The Bertz CT molecular complexity index is 1880. The van der Waals surface area contributed by atoms with Crippen LogP contribution in [0.4, 0.5) is 11.4 Å².